The number of halogens is 1. The average molecular weight is 257 g/mol. The summed E-state index contributed by atoms with van der Waals surface area (Å²) in [6, 6.07) is 0. The smallest absolute Gasteiger partial charge is 0.341 e. The van der Waals surface area contributed by atoms with Gasteiger partial charge in [0.15, 0.2) is 0 Å². The molecule has 0 bridgehead atoms. The molecule has 0 unspecified atom stereocenters. The average Bonchev–Trinajstić information content (AvgIpc) is 2.60. The van der Waals surface area contributed by atoms with E-state index in [9.17, 15) is 4.79 Å². The predicted molar refractivity (Wildman–Crippen MR) is 63.1 cm³/mol. The Labute approximate surface area is 101 Å². The number of carbonyl (C=O) groups excluding carboxylic acids is 1. The third-order valence-corrected chi connectivity index (χ3v) is 3.23. The van der Waals surface area contributed by atoms with Crippen LogP contribution in [-0.2, 0) is 4.74 Å². The molecule has 0 amide bonds. The van der Waals surface area contributed by atoms with E-state index < -0.39 is 5.97 Å². The number of aryl methyl sites for hydroxylation is 1. The highest BCUT2D eigenvalue weighted by atomic mass is 35.5. The van der Waals surface area contributed by atoms with Gasteiger partial charge < -0.3 is 4.74 Å². The van der Waals surface area contributed by atoms with Gasteiger partial charge in [0.25, 0.3) is 0 Å². The van der Waals surface area contributed by atoms with E-state index in [-0.39, 0.29) is 5.56 Å². The standard InChI is InChI=1S/C10H9ClN2O2S/c1-3-15-10(14)6-4-12-9-8(7(6)11)13-5(2)16-9/h4H,3H2,1-2H3. The molecule has 0 aromatic carbocycles. The van der Waals surface area contributed by atoms with Gasteiger partial charge in [-0.15, -0.1) is 0 Å². The Balaban J connectivity index is 2.55. The number of pyridine rings is 1. The van der Waals surface area contributed by atoms with Gasteiger partial charge in [-0.25, -0.2) is 14.8 Å². The molecule has 0 spiro atoms. The van der Waals surface area contributed by atoms with E-state index in [4.69, 9.17) is 16.3 Å². The van der Waals surface area contributed by atoms with Gasteiger partial charge in [0.2, 0.25) is 0 Å². The van der Waals surface area contributed by atoms with Crippen LogP contribution in [0.4, 0.5) is 0 Å². The number of esters is 1. The topological polar surface area (TPSA) is 52.1 Å². The Hall–Kier alpha value is -1.20. The molecule has 2 aromatic heterocycles. The van der Waals surface area contributed by atoms with Gasteiger partial charge in [-0.05, 0) is 13.8 Å². The van der Waals surface area contributed by atoms with Crippen LogP contribution >= 0.6 is 22.9 Å². The Bertz CT molecular complexity index is 553. The maximum Gasteiger partial charge on any atom is 0.341 e. The van der Waals surface area contributed by atoms with Crippen molar-refractivity contribution < 1.29 is 9.53 Å². The lowest BCUT2D eigenvalue weighted by atomic mass is 10.3. The molecule has 2 aromatic rings. The zero-order chi connectivity index (χ0) is 11.7. The molecule has 2 rings (SSSR count). The minimum absolute atomic E-state index is 0.265. The number of carbonyl (C=O) groups is 1. The van der Waals surface area contributed by atoms with Crippen molar-refractivity contribution in [3.63, 3.8) is 0 Å². The number of thiazole rings is 1. The fraction of sp³-hybridized carbons (Fsp3) is 0.300. The summed E-state index contributed by atoms with van der Waals surface area (Å²) in [5.41, 5.74) is 0.830. The van der Waals surface area contributed by atoms with E-state index in [1.165, 1.54) is 17.5 Å². The quantitative estimate of drug-likeness (QED) is 0.776. The first-order valence-electron chi connectivity index (χ1n) is 4.72. The summed E-state index contributed by atoms with van der Waals surface area (Å²) < 4.78 is 4.88. The largest absolute Gasteiger partial charge is 0.462 e. The van der Waals surface area contributed by atoms with Gasteiger partial charge in [-0.2, -0.15) is 0 Å². The summed E-state index contributed by atoms with van der Waals surface area (Å²) in [5, 5.41) is 1.18. The van der Waals surface area contributed by atoms with Crippen molar-refractivity contribution in [3.05, 3.63) is 21.8 Å². The Morgan fingerprint density at radius 2 is 2.38 bits per heavy atom. The van der Waals surface area contributed by atoms with E-state index in [0.717, 1.165) is 9.84 Å². The molecule has 84 valence electrons. The SMILES string of the molecule is CCOC(=O)c1cnc2sc(C)nc2c1Cl. The summed E-state index contributed by atoms with van der Waals surface area (Å²) in [5.74, 6) is -0.465. The fourth-order valence-electron chi connectivity index (χ4n) is 1.31. The minimum atomic E-state index is -0.465. The van der Waals surface area contributed by atoms with E-state index in [1.54, 1.807) is 6.92 Å². The molecule has 0 radical (unpaired) electrons. The van der Waals surface area contributed by atoms with Gasteiger partial charge >= 0.3 is 5.97 Å². The van der Waals surface area contributed by atoms with Gasteiger partial charge in [0, 0.05) is 6.20 Å². The van der Waals surface area contributed by atoms with E-state index >= 15 is 0 Å². The second-order valence-electron chi connectivity index (χ2n) is 3.09. The van der Waals surface area contributed by atoms with Crippen molar-refractivity contribution in [2.45, 2.75) is 13.8 Å². The second kappa shape index (κ2) is 4.35. The van der Waals surface area contributed by atoms with Crippen LogP contribution in [-0.4, -0.2) is 22.5 Å². The number of nitrogens with zero attached hydrogens (tertiary/aromatic N) is 2. The highest BCUT2D eigenvalue weighted by Gasteiger charge is 2.17. The first-order valence-corrected chi connectivity index (χ1v) is 5.91. The van der Waals surface area contributed by atoms with Crippen LogP contribution < -0.4 is 0 Å². The molecule has 0 saturated heterocycles. The first kappa shape index (κ1) is 11.3. The highest BCUT2D eigenvalue weighted by molar-refractivity contribution is 7.18. The molecule has 0 aliphatic rings. The van der Waals surface area contributed by atoms with E-state index in [0.29, 0.717) is 17.1 Å². The molecule has 0 fully saturated rings. The predicted octanol–water partition coefficient (Wildman–Crippen LogP) is 2.83. The lowest BCUT2D eigenvalue weighted by Crippen LogP contribution is -2.06. The number of hydrogen-bond donors (Lipinski definition) is 0. The summed E-state index contributed by atoms with van der Waals surface area (Å²) in [6.45, 7) is 3.92. The van der Waals surface area contributed by atoms with Crippen LogP contribution in [0.3, 0.4) is 0 Å². The molecule has 0 aliphatic heterocycles. The van der Waals surface area contributed by atoms with Crippen molar-refractivity contribution in [2.24, 2.45) is 0 Å². The van der Waals surface area contributed by atoms with Crippen LogP contribution in [0.5, 0.6) is 0 Å². The molecule has 0 saturated carbocycles. The van der Waals surface area contributed by atoms with Crippen molar-refractivity contribution in [3.8, 4) is 0 Å². The normalized spacial score (nSPS) is 10.7. The lowest BCUT2D eigenvalue weighted by molar-refractivity contribution is 0.0526. The molecule has 16 heavy (non-hydrogen) atoms. The van der Waals surface area contributed by atoms with Gasteiger partial charge in [-0.1, -0.05) is 22.9 Å². The van der Waals surface area contributed by atoms with Crippen LogP contribution in [0.2, 0.25) is 5.02 Å². The van der Waals surface area contributed by atoms with E-state index in [2.05, 4.69) is 9.97 Å². The third-order valence-electron chi connectivity index (χ3n) is 1.97. The molecule has 0 N–H and O–H groups in total. The molecule has 0 atom stereocenters. The number of fused-ring (bicyclic) bond motifs is 1. The molecular weight excluding hydrogens is 248 g/mol. The van der Waals surface area contributed by atoms with Gasteiger partial charge in [-0.3, -0.25) is 0 Å². The third kappa shape index (κ3) is 1.88. The lowest BCUT2D eigenvalue weighted by Gasteiger charge is -2.03. The summed E-state index contributed by atoms with van der Waals surface area (Å²) >= 11 is 7.53. The number of rotatable bonds is 2. The molecular formula is C10H9ClN2O2S. The molecule has 0 aliphatic carbocycles. The van der Waals surface area contributed by atoms with Crippen molar-refractivity contribution in [1.82, 2.24) is 9.97 Å². The first-order chi connectivity index (χ1) is 7.63. The Kier molecular flexibility index (Phi) is 3.07. The second-order valence-corrected chi connectivity index (χ2v) is 4.65. The van der Waals surface area contributed by atoms with Crippen LogP contribution in [0.1, 0.15) is 22.3 Å². The number of ether oxygens (including phenoxy) is 1. The van der Waals surface area contributed by atoms with Crippen LogP contribution in [0.25, 0.3) is 10.3 Å². The van der Waals surface area contributed by atoms with Crippen LogP contribution in [0, 0.1) is 6.92 Å². The van der Waals surface area contributed by atoms with Gasteiger partial charge in [0.05, 0.1) is 22.2 Å². The van der Waals surface area contributed by atoms with E-state index in [1.807, 2.05) is 6.92 Å². The maximum absolute atomic E-state index is 11.5. The maximum atomic E-state index is 11.5. The molecule has 4 nitrogen and oxygen atoms in total. The zero-order valence-electron chi connectivity index (χ0n) is 8.78. The Morgan fingerprint density at radius 3 is 3.06 bits per heavy atom. The monoisotopic (exact) mass is 256 g/mol. The summed E-state index contributed by atoms with van der Waals surface area (Å²) in [6.07, 6.45) is 1.43. The van der Waals surface area contributed by atoms with Gasteiger partial charge in [0.1, 0.15) is 10.3 Å². The number of hydrogen-bond acceptors (Lipinski definition) is 5. The highest BCUT2D eigenvalue weighted by Crippen LogP contribution is 2.29. The molecule has 6 heteroatoms. The Morgan fingerprint density at radius 1 is 1.62 bits per heavy atom. The fourth-order valence-corrected chi connectivity index (χ4v) is 2.39. The minimum Gasteiger partial charge on any atom is -0.462 e. The molecule has 2 heterocycles. The summed E-state index contributed by atoms with van der Waals surface area (Å²) in [7, 11) is 0. The van der Waals surface area contributed by atoms with Crippen molar-refractivity contribution >= 4 is 39.3 Å². The summed E-state index contributed by atoms with van der Waals surface area (Å²) in [4.78, 5) is 20.6. The van der Waals surface area contributed by atoms with Crippen LogP contribution in [0.15, 0.2) is 6.20 Å². The van der Waals surface area contributed by atoms with Crippen molar-refractivity contribution in [2.75, 3.05) is 6.61 Å². The number of aromatic nitrogens is 2. The van der Waals surface area contributed by atoms with Crippen molar-refractivity contribution in [1.29, 1.82) is 0 Å². The zero-order valence-corrected chi connectivity index (χ0v) is 10.4.